The third-order valence-corrected chi connectivity index (χ3v) is 13.4. The van der Waals surface area contributed by atoms with Crippen LogP contribution in [0.5, 0.6) is 0 Å². The Morgan fingerprint density at radius 1 is 0.490 bits per heavy atom. The van der Waals surface area contributed by atoms with Crippen molar-refractivity contribution in [2.24, 2.45) is 17.8 Å². The van der Waals surface area contributed by atoms with Crippen molar-refractivity contribution in [1.82, 2.24) is 0 Å². The van der Waals surface area contributed by atoms with E-state index < -0.39 is 0 Å². The zero-order chi connectivity index (χ0) is 32.1. The van der Waals surface area contributed by atoms with Crippen molar-refractivity contribution in [2.75, 3.05) is 4.90 Å². The quantitative estimate of drug-likeness (QED) is 0.184. The highest BCUT2D eigenvalue weighted by molar-refractivity contribution is 7.25. The highest BCUT2D eigenvalue weighted by atomic mass is 32.1. The normalized spacial score (nSPS) is 22.9. The van der Waals surface area contributed by atoms with Crippen molar-refractivity contribution < 1.29 is 4.42 Å². The number of hydrogen-bond donors (Lipinski definition) is 0. The fraction of sp³-hybridized carbons (Fsp3) is 0.217. The first-order valence-electron chi connectivity index (χ1n) is 18.0. The molecular weight excluding hydrogens is 615 g/mol. The van der Waals surface area contributed by atoms with Gasteiger partial charge < -0.3 is 9.32 Å². The summed E-state index contributed by atoms with van der Waals surface area (Å²) in [6, 6.07) is 49.5. The van der Waals surface area contributed by atoms with Crippen LogP contribution in [0, 0.1) is 17.8 Å². The molecule has 0 N–H and O–H groups in total. The minimum atomic E-state index is 0.393. The molecular formula is C46H37NOS. The van der Waals surface area contributed by atoms with E-state index >= 15 is 0 Å². The van der Waals surface area contributed by atoms with Gasteiger partial charge in [0.05, 0.1) is 0 Å². The Morgan fingerprint density at radius 2 is 1.08 bits per heavy atom. The first kappa shape index (κ1) is 28.0. The zero-order valence-corrected chi connectivity index (χ0v) is 28.3. The maximum atomic E-state index is 6.23. The monoisotopic (exact) mass is 651 g/mol. The van der Waals surface area contributed by atoms with E-state index in [2.05, 4.69) is 132 Å². The van der Waals surface area contributed by atoms with Gasteiger partial charge in [0.2, 0.25) is 0 Å². The topological polar surface area (TPSA) is 16.4 Å². The van der Waals surface area contributed by atoms with Gasteiger partial charge in [-0.05, 0) is 139 Å². The summed E-state index contributed by atoms with van der Waals surface area (Å²) < 4.78 is 8.91. The van der Waals surface area contributed by atoms with Crippen molar-refractivity contribution in [3.05, 3.63) is 139 Å². The molecule has 0 unspecified atom stereocenters. The van der Waals surface area contributed by atoms with Gasteiger partial charge in [-0.1, -0.05) is 72.8 Å². The van der Waals surface area contributed by atoms with Crippen molar-refractivity contribution in [3.8, 4) is 11.1 Å². The Bertz CT molecular complexity index is 2500. The van der Waals surface area contributed by atoms with Gasteiger partial charge in [0.15, 0.2) is 0 Å². The number of rotatable bonds is 5. The van der Waals surface area contributed by atoms with Gasteiger partial charge in [0.1, 0.15) is 11.2 Å². The Balaban J connectivity index is 0.998. The molecule has 0 atom stereocenters. The largest absolute Gasteiger partial charge is 0.456 e. The van der Waals surface area contributed by atoms with Crippen LogP contribution in [0.4, 0.5) is 17.1 Å². The molecule has 2 aromatic heterocycles. The number of anilines is 3. The molecule has 238 valence electrons. The summed E-state index contributed by atoms with van der Waals surface area (Å²) in [5, 5.41) is 4.99. The fourth-order valence-electron chi connectivity index (χ4n) is 10.4. The molecule has 49 heavy (non-hydrogen) atoms. The average Bonchev–Trinajstić information content (AvgIpc) is 3.69. The molecule has 8 aromatic rings. The van der Waals surface area contributed by atoms with Gasteiger partial charge in [-0.2, -0.15) is 0 Å². The summed E-state index contributed by atoms with van der Waals surface area (Å²) in [6.45, 7) is 0. The van der Waals surface area contributed by atoms with Crippen LogP contribution < -0.4 is 4.90 Å². The predicted molar refractivity (Wildman–Crippen MR) is 207 cm³/mol. The van der Waals surface area contributed by atoms with E-state index in [1.807, 2.05) is 17.4 Å². The third kappa shape index (κ3) is 4.45. The Morgan fingerprint density at radius 3 is 1.84 bits per heavy atom. The molecule has 0 amide bonds. The van der Waals surface area contributed by atoms with E-state index in [0.29, 0.717) is 5.41 Å². The van der Waals surface area contributed by atoms with Gasteiger partial charge in [0.25, 0.3) is 0 Å². The van der Waals surface area contributed by atoms with Crippen LogP contribution in [0.15, 0.2) is 138 Å². The van der Waals surface area contributed by atoms with E-state index in [1.165, 1.54) is 75.5 Å². The summed E-state index contributed by atoms with van der Waals surface area (Å²) in [7, 11) is 0. The minimum absolute atomic E-state index is 0.393. The highest BCUT2D eigenvalue weighted by Gasteiger charge is 2.51. The molecule has 4 fully saturated rings. The number of nitrogens with zero attached hydrogens (tertiary/aromatic N) is 1. The molecule has 2 heterocycles. The van der Waals surface area contributed by atoms with E-state index in [4.69, 9.17) is 4.42 Å². The molecule has 4 saturated carbocycles. The molecule has 2 nitrogen and oxygen atoms in total. The van der Waals surface area contributed by atoms with Crippen LogP contribution in [0.1, 0.15) is 44.1 Å². The summed E-state index contributed by atoms with van der Waals surface area (Å²) >= 11 is 1.88. The fourth-order valence-corrected chi connectivity index (χ4v) is 11.6. The smallest absolute Gasteiger partial charge is 0.135 e. The van der Waals surface area contributed by atoms with E-state index in [0.717, 1.165) is 51.1 Å². The van der Waals surface area contributed by atoms with E-state index in [9.17, 15) is 0 Å². The zero-order valence-electron chi connectivity index (χ0n) is 27.4. The van der Waals surface area contributed by atoms with Crippen LogP contribution in [0.3, 0.4) is 0 Å². The molecule has 0 aliphatic heterocycles. The Labute approximate surface area is 290 Å². The SMILES string of the molecule is c1ccc2c(c1)oc1ccc(N(c3ccc(-c4ccc5c(c4)sc4ccccc45)cc3)c3ccc(C45CC6CC(CC(C6)C4)C5)cc3)cc12. The average molecular weight is 652 g/mol. The van der Waals surface area contributed by atoms with E-state index in [-0.39, 0.29) is 0 Å². The van der Waals surface area contributed by atoms with Crippen LogP contribution in [-0.2, 0) is 5.41 Å². The summed E-state index contributed by atoms with van der Waals surface area (Å²) in [4.78, 5) is 2.42. The second kappa shape index (κ2) is 10.6. The van der Waals surface area contributed by atoms with Gasteiger partial charge in [-0.25, -0.2) is 0 Å². The molecule has 3 heteroatoms. The first-order chi connectivity index (χ1) is 24.2. The number of furan rings is 1. The van der Waals surface area contributed by atoms with Crippen molar-refractivity contribution in [3.63, 3.8) is 0 Å². The van der Waals surface area contributed by atoms with Gasteiger partial charge in [-0.3, -0.25) is 0 Å². The summed E-state index contributed by atoms with van der Waals surface area (Å²) in [5.41, 5.74) is 9.79. The summed E-state index contributed by atoms with van der Waals surface area (Å²) in [6.07, 6.45) is 8.60. The molecule has 0 spiro atoms. The molecule has 6 aromatic carbocycles. The maximum Gasteiger partial charge on any atom is 0.135 e. The lowest BCUT2D eigenvalue weighted by Crippen LogP contribution is -2.48. The van der Waals surface area contributed by atoms with Crippen molar-refractivity contribution in [1.29, 1.82) is 0 Å². The second-order valence-corrected chi connectivity index (χ2v) is 16.3. The highest BCUT2D eigenvalue weighted by Crippen LogP contribution is 2.61. The summed E-state index contributed by atoms with van der Waals surface area (Å²) in [5.74, 6) is 2.83. The van der Waals surface area contributed by atoms with Crippen LogP contribution in [-0.4, -0.2) is 0 Å². The number of para-hydroxylation sites is 1. The van der Waals surface area contributed by atoms with Crippen LogP contribution in [0.2, 0.25) is 0 Å². The number of fused-ring (bicyclic) bond motifs is 6. The molecule has 0 radical (unpaired) electrons. The lowest BCUT2D eigenvalue weighted by Gasteiger charge is -2.57. The van der Waals surface area contributed by atoms with Crippen molar-refractivity contribution >= 4 is 70.5 Å². The molecule has 0 saturated heterocycles. The lowest BCUT2D eigenvalue weighted by atomic mass is 9.48. The molecule has 4 aliphatic rings. The van der Waals surface area contributed by atoms with Crippen molar-refractivity contribution in [2.45, 2.75) is 43.9 Å². The van der Waals surface area contributed by atoms with Crippen LogP contribution in [0.25, 0.3) is 53.2 Å². The van der Waals surface area contributed by atoms with Crippen LogP contribution >= 0.6 is 11.3 Å². The Hall–Kier alpha value is -4.86. The Kier molecular flexibility index (Phi) is 6.04. The van der Waals surface area contributed by atoms with Gasteiger partial charge in [0, 0.05) is 48.0 Å². The number of benzene rings is 6. The molecule has 4 aliphatic carbocycles. The van der Waals surface area contributed by atoms with Gasteiger partial charge in [-0.15, -0.1) is 11.3 Å². The first-order valence-corrected chi connectivity index (χ1v) is 18.8. The number of thiophene rings is 1. The number of hydrogen-bond acceptors (Lipinski definition) is 3. The lowest BCUT2D eigenvalue weighted by molar-refractivity contribution is -0.00518. The maximum absolute atomic E-state index is 6.23. The third-order valence-electron chi connectivity index (χ3n) is 12.2. The molecule has 4 bridgehead atoms. The second-order valence-electron chi connectivity index (χ2n) is 15.2. The standard InChI is InChI=1S/C46H37NOS/c1-3-7-42-38(5-1)41-25-37(18-20-43(41)48-42)47(36-16-12-34(13-17-36)46-26-29-21-30(27-46)23-31(22-29)28-46)35-14-9-32(10-15-35)33-11-19-40-39-6-2-4-8-44(39)49-45(40)24-33/h1-20,24-25,29-31H,21-23,26-28H2. The predicted octanol–water partition coefficient (Wildman–Crippen LogP) is 13.6. The van der Waals surface area contributed by atoms with Gasteiger partial charge >= 0.3 is 0 Å². The minimum Gasteiger partial charge on any atom is -0.456 e. The van der Waals surface area contributed by atoms with E-state index in [1.54, 1.807) is 5.56 Å². The molecule has 12 rings (SSSR count).